The van der Waals surface area contributed by atoms with Crippen LogP contribution in [0.3, 0.4) is 0 Å². The number of amides is 1. The average Bonchev–Trinajstić information content (AvgIpc) is 2.59. The molecule has 0 atom stereocenters. The van der Waals surface area contributed by atoms with Crippen molar-refractivity contribution in [2.24, 2.45) is 0 Å². The summed E-state index contributed by atoms with van der Waals surface area (Å²) in [5.41, 5.74) is 0.541. The van der Waals surface area contributed by atoms with Crippen molar-refractivity contribution in [3.05, 3.63) is 54.0 Å². The van der Waals surface area contributed by atoms with Crippen LogP contribution >= 0.6 is 0 Å². The maximum Gasteiger partial charge on any atom is 0.416 e. The van der Waals surface area contributed by atoms with Gasteiger partial charge >= 0.3 is 6.09 Å². The first-order chi connectivity index (χ1) is 13.0. The Balaban J connectivity index is 2.23. The van der Waals surface area contributed by atoms with Gasteiger partial charge in [-0.05, 0) is 45.0 Å². The Morgan fingerprint density at radius 3 is 2.43 bits per heavy atom. The summed E-state index contributed by atoms with van der Waals surface area (Å²) in [6.07, 6.45) is 2.62. The summed E-state index contributed by atoms with van der Waals surface area (Å²) in [5, 5.41) is 0. The number of hydrogen-bond acceptors (Lipinski definition) is 7. The van der Waals surface area contributed by atoms with Gasteiger partial charge in [-0.3, -0.25) is 14.1 Å². The first kappa shape index (κ1) is 21.8. The van der Waals surface area contributed by atoms with Gasteiger partial charge in [-0.15, -0.1) is 0 Å². The van der Waals surface area contributed by atoms with E-state index in [0.717, 1.165) is 11.9 Å². The molecule has 0 aliphatic heterocycles. The van der Waals surface area contributed by atoms with Gasteiger partial charge in [0.05, 0.1) is 11.9 Å². The predicted octanol–water partition coefficient (Wildman–Crippen LogP) is 2.94. The molecule has 0 aliphatic rings. The van der Waals surface area contributed by atoms with Crippen molar-refractivity contribution < 1.29 is 22.1 Å². The summed E-state index contributed by atoms with van der Waals surface area (Å²) in [6.45, 7) is 5.44. The molecule has 0 bridgehead atoms. The minimum atomic E-state index is -3.60. The van der Waals surface area contributed by atoms with Crippen LogP contribution in [0.25, 0.3) is 0 Å². The maximum absolute atomic E-state index is 12.7. The van der Waals surface area contributed by atoms with Crippen LogP contribution in [0.5, 0.6) is 0 Å². The van der Waals surface area contributed by atoms with Gasteiger partial charge in [-0.25, -0.2) is 9.78 Å². The SMILES string of the molecule is CC(C)(C)OC(=O)N(CCc1ccccn1)c1cccc(COS(C)(=O)=O)n1. The molecule has 28 heavy (non-hydrogen) atoms. The van der Waals surface area contributed by atoms with Crippen molar-refractivity contribution in [2.45, 2.75) is 39.4 Å². The molecule has 0 unspecified atom stereocenters. The number of pyridine rings is 2. The van der Waals surface area contributed by atoms with E-state index in [1.54, 1.807) is 45.2 Å². The molecule has 1 amide bonds. The fraction of sp³-hybridized carbons (Fsp3) is 0.421. The van der Waals surface area contributed by atoms with Crippen molar-refractivity contribution in [1.29, 1.82) is 0 Å². The maximum atomic E-state index is 12.7. The van der Waals surface area contributed by atoms with E-state index in [9.17, 15) is 13.2 Å². The number of carbonyl (C=O) groups excluding carboxylic acids is 1. The van der Waals surface area contributed by atoms with Crippen molar-refractivity contribution in [3.8, 4) is 0 Å². The minimum absolute atomic E-state index is 0.213. The zero-order valence-electron chi connectivity index (χ0n) is 16.5. The summed E-state index contributed by atoms with van der Waals surface area (Å²) in [7, 11) is -3.60. The van der Waals surface area contributed by atoms with Crippen molar-refractivity contribution in [3.63, 3.8) is 0 Å². The van der Waals surface area contributed by atoms with Crippen molar-refractivity contribution in [1.82, 2.24) is 9.97 Å². The van der Waals surface area contributed by atoms with Crippen LogP contribution in [0.1, 0.15) is 32.2 Å². The number of carbonyl (C=O) groups is 1. The lowest BCUT2D eigenvalue weighted by atomic mass is 10.2. The molecule has 2 aromatic rings. The third-order valence-corrected chi connectivity index (χ3v) is 3.97. The molecule has 0 fully saturated rings. The van der Waals surface area contributed by atoms with Crippen LogP contribution in [-0.2, 0) is 32.1 Å². The molecular weight excluding hydrogens is 382 g/mol. The molecule has 0 spiro atoms. The van der Waals surface area contributed by atoms with E-state index >= 15 is 0 Å². The number of rotatable bonds is 7. The van der Waals surface area contributed by atoms with Gasteiger partial charge in [-0.1, -0.05) is 12.1 Å². The van der Waals surface area contributed by atoms with E-state index in [1.165, 1.54) is 4.90 Å². The number of hydrogen-bond donors (Lipinski definition) is 0. The quantitative estimate of drug-likeness (QED) is 0.651. The van der Waals surface area contributed by atoms with Gasteiger partial charge < -0.3 is 4.74 Å². The highest BCUT2D eigenvalue weighted by atomic mass is 32.2. The zero-order valence-corrected chi connectivity index (χ0v) is 17.3. The molecular formula is C19H25N3O5S. The lowest BCUT2D eigenvalue weighted by Crippen LogP contribution is -2.38. The van der Waals surface area contributed by atoms with Gasteiger partial charge in [0.25, 0.3) is 10.1 Å². The highest BCUT2D eigenvalue weighted by Crippen LogP contribution is 2.18. The molecule has 0 saturated carbocycles. The van der Waals surface area contributed by atoms with Crippen LogP contribution in [-0.4, -0.2) is 42.9 Å². The smallest absolute Gasteiger partial charge is 0.416 e. The summed E-state index contributed by atoms with van der Waals surface area (Å²) in [4.78, 5) is 22.8. The molecule has 2 rings (SSSR count). The molecule has 2 heterocycles. The Bertz CT molecular complexity index is 895. The molecule has 0 radical (unpaired) electrons. The highest BCUT2D eigenvalue weighted by Gasteiger charge is 2.24. The lowest BCUT2D eigenvalue weighted by Gasteiger charge is -2.27. The Kier molecular flexibility index (Phi) is 7.09. The predicted molar refractivity (Wildman–Crippen MR) is 105 cm³/mol. The second-order valence-corrected chi connectivity index (χ2v) is 8.80. The third-order valence-electron chi connectivity index (χ3n) is 3.42. The largest absolute Gasteiger partial charge is 0.443 e. The highest BCUT2D eigenvalue weighted by molar-refractivity contribution is 7.85. The molecule has 0 N–H and O–H groups in total. The number of ether oxygens (including phenoxy) is 1. The molecule has 9 heteroatoms. The standard InChI is InChI=1S/C19H25N3O5S/c1-19(2,3)27-18(23)22(13-11-15-8-5-6-12-20-15)17-10-7-9-16(21-17)14-26-28(4,24)25/h5-10,12H,11,13-14H2,1-4H3. The Labute approximate surface area is 165 Å². The van der Waals surface area contributed by atoms with Gasteiger partial charge in [-0.2, -0.15) is 8.42 Å². The van der Waals surface area contributed by atoms with E-state index in [4.69, 9.17) is 8.92 Å². The first-order valence-electron chi connectivity index (χ1n) is 8.74. The molecule has 2 aromatic heterocycles. The van der Waals surface area contributed by atoms with Crippen molar-refractivity contribution in [2.75, 3.05) is 17.7 Å². The fourth-order valence-corrected chi connectivity index (χ4v) is 2.59. The Morgan fingerprint density at radius 2 is 1.82 bits per heavy atom. The number of anilines is 1. The molecule has 0 aliphatic carbocycles. The first-order valence-corrected chi connectivity index (χ1v) is 10.6. The summed E-state index contributed by atoms with van der Waals surface area (Å²) in [5.74, 6) is 0.347. The Hall–Kier alpha value is -2.52. The van der Waals surface area contributed by atoms with Crippen molar-refractivity contribution >= 4 is 22.0 Å². The minimum Gasteiger partial charge on any atom is -0.443 e. The zero-order chi connectivity index (χ0) is 20.8. The monoisotopic (exact) mass is 407 g/mol. The number of nitrogens with zero attached hydrogens (tertiary/aromatic N) is 3. The van der Waals surface area contributed by atoms with Gasteiger partial charge in [0, 0.05) is 24.9 Å². The lowest BCUT2D eigenvalue weighted by molar-refractivity contribution is 0.0579. The fourth-order valence-electron chi connectivity index (χ4n) is 2.25. The molecule has 0 saturated heterocycles. The normalized spacial score (nSPS) is 11.9. The third kappa shape index (κ3) is 7.61. The summed E-state index contributed by atoms with van der Waals surface area (Å²) < 4.78 is 32.7. The van der Waals surface area contributed by atoms with E-state index < -0.39 is 21.8 Å². The summed E-state index contributed by atoms with van der Waals surface area (Å²) >= 11 is 0. The van der Waals surface area contributed by atoms with E-state index in [0.29, 0.717) is 24.5 Å². The van der Waals surface area contributed by atoms with Crippen LogP contribution < -0.4 is 4.90 Å². The summed E-state index contributed by atoms with van der Waals surface area (Å²) in [6, 6.07) is 10.5. The van der Waals surface area contributed by atoms with Crippen LogP contribution in [0.15, 0.2) is 42.6 Å². The number of aromatic nitrogens is 2. The van der Waals surface area contributed by atoms with Crippen LogP contribution in [0, 0.1) is 0 Å². The van der Waals surface area contributed by atoms with Crippen LogP contribution in [0.2, 0.25) is 0 Å². The second kappa shape index (κ2) is 9.11. The second-order valence-electron chi connectivity index (χ2n) is 7.16. The van der Waals surface area contributed by atoms with Gasteiger partial charge in [0.2, 0.25) is 0 Å². The van der Waals surface area contributed by atoms with E-state index in [2.05, 4.69) is 9.97 Å². The molecule has 152 valence electrons. The average molecular weight is 407 g/mol. The topological polar surface area (TPSA) is 98.7 Å². The van der Waals surface area contributed by atoms with Gasteiger partial charge in [0.15, 0.2) is 0 Å². The Morgan fingerprint density at radius 1 is 1.11 bits per heavy atom. The van der Waals surface area contributed by atoms with Gasteiger partial charge in [0.1, 0.15) is 18.0 Å². The van der Waals surface area contributed by atoms with E-state index in [1.807, 2.05) is 18.2 Å². The molecule has 8 nitrogen and oxygen atoms in total. The molecule has 0 aromatic carbocycles. The van der Waals surface area contributed by atoms with Crippen LogP contribution in [0.4, 0.5) is 10.6 Å². The van der Waals surface area contributed by atoms with E-state index in [-0.39, 0.29) is 6.61 Å².